The minimum Gasteiger partial charge on any atom is -0.428 e. The molecule has 0 aromatic carbocycles. The monoisotopic (exact) mass is 245 g/mol. The number of hydrogen-bond donors (Lipinski definition) is 1. The zero-order valence-electron chi connectivity index (χ0n) is 10.6. The first-order valence-corrected chi connectivity index (χ1v) is 5.58. The highest BCUT2D eigenvalue weighted by atomic mass is 16.8. The predicted octanol–water partition coefficient (Wildman–Crippen LogP) is 1.51. The molecule has 1 aliphatic heterocycles. The number of aliphatic hydroxyl groups excluding tert-OH is 1. The van der Waals surface area contributed by atoms with Gasteiger partial charge in [0.1, 0.15) is 5.60 Å². The van der Waals surface area contributed by atoms with E-state index in [0.29, 0.717) is 6.42 Å². The van der Waals surface area contributed by atoms with Crippen molar-refractivity contribution in [2.45, 2.75) is 51.9 Å². The Bertz CT molecular complexity index is 309. The Labute approximate surface area is 100 Å². The molecule has 0 aromatic rings. The maximum atomic E-state index is 11.6. The van der Waals surface area contributed by atoms with Gasteiger partial charge in [-0.05, 0) is 34.1 Å². The fourth-order valence-corrected chi connectivity index (χ4v) is 1.66. The van der Waals surface area contributed by atoms with Crippen LogP contribution in [0.2, 0.25) is 0 Å². The molecule has 1 rings (SSSR count). The molecular weight excluding hydrogens is 226 g/mol. The van der Waals surface area contributed by atoms with Gasteiger partial charge in [0.25, 0.3) is 0 Å². The molecular formula is C11H19NO5. The smallest absolute Gasteiger partial charge is 0.428 e. The van der Waals surface area contributed by atoms with E-state index < -0.39 is 24.0 Å². The summed E-state index contributed by atoms with van der Waals surface area (Å²) in [5.41, 5.74) is -0.701. The van der Waals surface area contributed by atoms with Crippen LogP contribution in [0.5, 0.6) is 0 Å². The van der Waals surface area contributed by atoms with Gasteiger partial charge in [-0.15, -0.1) is 0 Å². The zero-order valence-corrected chi connectivity index (χ0v) is 10.6. The van der Waals surface area contributed by atoms with Crippen LogP contribution in [0.15, 0.2) is 0 Å². The maximum absolute atomic E-state index is 11.6. The third-order valence-corrected chi connectivity index (χ3v) is 2.35. The fraction of sp³-hybridized carbons (Fsp3) is 0.818. The average molecular weight is 245 g/mol. The summed E-state index contributed by atoms with van der Waals surface area (Å²) >= 11 is 0. The zero-order chi connectivity index (χ0) is 13.2. The van der Waals surface area contributed by atoms with Crippen molar-refractivity contribution in [1.82, 2.24) is 4.90 Å². The third-order valence-electron chi connectivity index (χ3n) is 2.35. The van der Waals surface area contributed by atoms with E-state index in [1.807, 2.05) is 0 Å². The van der Waals surface area contributed by atoms with Crippen LogP contribution in [0.25, 0.3) is 0 Å². The average Bonchev–Trinajstić information content (AvgIpc) is 2.41. The van der Waals surface area contributed by atoms with Crippen LogP contribution in [0.1, 0.15) is 34.1 Å². The quantitative estimate of drug-likeness (QED) is 0.517. The van der Waals surface area contributed by atoms with Crippen LogP contribution in [-0.2, 0) is 9.47 Å². The van der Waals surface area contributed by atoms with Crippen molar-refractivity contribution in [1.29, 1.82) is 0 Å². The topological polar surface area (TPSA) is 76.1 Å². The summed E-state index contributed by atoms with van der Waals surface area (Å²) in [7, 11) is 0. The Morgan fingerprint density at radius 3 is 2.35 bits per heavy atom. The highest BCUT2D eigenvalue weighted by molar-refractivity contribution is 5.81. The van der Waals surface area contributed by atoms with Gasteiger partial charge in [0, 0.05) is 6.04 Å². The first kappa shape index (κ1) is 13.8. The van der Waals surface area contributed by atoms with Crippen molar-refractivity contribution >= 4 is 12.2 Å². The predicted molar refractivity (Wildman–Crippen MR) is 59.5 cm³/mol. The Morgan fingerprint density at radius 2 is 1.94 bits per heavy atom. The molecule has 0 bridgehead atoms. The molecule has 0 aromatic heterocycles. The first-order chi connectivity index (χ1) is 7.69. The van der Waals surface area contributed by atoms with Gasteiger partial charge in [0.2, 0.25) is 0 Å². The number of amides is 1. The minimum atomic E-state index is -1.02. The summed E-state index contributed by atoms with van der Waals surface area (Å²) in [5, 5.41) is 9.37. The van der Waals surface area contributed by atoms with E-state index in [2.05, 4.69) is 4.74 Å². The summed E-state index contributed by atoms with van der Waals surface area (Å²) in [6.07, 6.45) is -1.86. The summed E-state index contributed by atoms with van der Waals surface area (Å²) in [4.78, 5) is 24.2. The van der Waals surface area contributed by atoms with Gasteiger partial charge in [0.05, 0.1) is 12.6 Å². The fourth-order valence-electron chi connectivity index (χ4n) is 1.66. The van der Waals surface area contributed by atoms with Crippen LogP contribution >= 0.6 is 0 Å². The highest BCUT2D eigenvalue weighted by Crippen LogP contribution is 2.18. The number of aliphatic hydroxyl groups is 1. The maximum Gasteiger partial charge on any atom is 0.517 e. The SMILES string of the molecule is C[C@H]1C[C@@H](O)CN1C(=O)OC(=O)OC(C)(C)C. The van der Waals surface area contributed by atoms with Gasteiger partial charge in [-0.1, -0.05) is 0 Å². The summed E-state index contributed by atoms with van der Waals surface area (Å²) in [5.74, 6) is 0. The highest BCUT2D eigenvalue weighted by Gasteiger charge is 2.34. The number of carbonyl (C=O) groups is 2. The molecule has 6 nitrogen and oxygen atoms in total. The van der Waals surface area contributed by atoms with E-state index in [1.165, 1.54) is 4.90 Å². The molecule has 1 fully saturated rings. The Kier molecular flexibility index (Phi) is 3.98. The molecule has 2 atom stereocenters. The second-order valence-corrected chi connectivity index (χ2v) is 5.22. The molecule has 6 heteroatoms. The van der Waals surface area contributed by atoms with Gasteiger partial charge >= 0.3 is 12.2 Å². The van der Waals surface area contributed by atoms with Crippen molar-refractivity contribution in [3.05, 3.63) is 0 Å². The van der Waals surface area contributed by atoms with Gasteiger partial charge in [-0.2, -0.15) is 0 Å². The van der Waals surface area contributed by atoms with E-state index in [9.17, 15) is 14.7 Å². The number of β-amino-alcohol motifs (C(OH)–C–C–N with tert-alkyl or cyclic N) is 1. The van der Waals surface area contributed by atoms with E-state index in [1.54, 1.807) is 27.7 Å². The number of ether oxygens (including phenoxy) is 2. The molecule has 98 valence electrons. The molecule has 0 saturated carbocycles. The van der Waals surface area contributed by atoms with Crippen molar-refractivity contribution in [2.75, 3.05) is 6.54 Å². The van der Waals surface area contributed by atoms with Crippen LogP contribution in [-0.4, -0.2) is 46.5 Å². The molecule has 0 radical (unpaired) electrons. The first-order valence-electron chi connectivity index (χ1n) is 5.58. The lowest BCUT2D eigenvalue weighted by molar-refractivity contribution is 0.00195. The van der Waals surface area contributed by atoms with E-state index in [-0.39, 0.29) is 12.6 Å². The van der Waals surface area contributed by atoms with Crippen LogP contribution in [0, 0.1) is 0 Å². The number of rotatable bonds is 0. The molecule has 1 N–H and O–H groups in total. The lowest BCUT2D eigenvalue weighted by atomic mass is 10.2. The van der Waals surface area contributed by atoms with Crippen LogP contribution in [0.3, 0.4) is 0 Å². The molecule has 0 aliphatic carbocycles. The molecule has 17 heavy (non-hydrogen) atoms. The third kappa shape index (κ3) is 4.22. The van der Waals surface area contributed by atoms with Crippen LogP contribution in [0.4, 0.5) is 9.59 Å². The number of likely N-dealkylation sites (tertiary alicyclic amines) is 1. The second-order valence-electron chi connectivity index (χ2n) is 5.22. The molecule has 0 spiro atoms. The number of carbonyl (C=O) groups excluding carboxylic acids is 2. The second kappa shape index (κ2) is 4.91. The minimum absolute atomic E-state index is 0.139. The summed E-state index contributed by atoms with van der Waals surface area (Å²) in [6.45, 7) is 7.01. The molecule has 1 aliphatic rings. The van der Waals surface area contributed by atoms with Gasteiger partial charge in [0.15, 0.2) is 0 Å². The van der Waals surface area contributed by atoms with E-state index >= 15 is 0 Å². The molecule has 0 unspecified atom stereocenters. The largest absolute Gasteiger partial charge is 0.517 e. The Morgan fingerprint density at radius 1 is 1.35 bits per heavy atom. The Hall–Kier alpha value is -1.30. The van der Waals surface area contributed by atoms with Gasteiger partial charge in [-0.3, -0.25) is 0 Å². The lowest BCUT2D eigenvalue weighted by Crippen LogP contribution is -2.37. The number of hydrogen-bond acceptors (Lipinski definition) is 5. The van der Waals surface area contributed by atoms with Crippen molar-refractivity contribution in [3.8, 4) is 0 Å². The molecule has 1 heterocycles. The number of nitrogens with zero attached hydrogens (tertiary/aromatic N) is 1. The molecule has 1 saturated heterocycles. The van der Waals surface area contributed by atoms with Gasteiger partial charge < -0.3 is 19.5 Å². The van der Waals surface area contributed by atoms with E-state index in [4.69, 9.17) is 4.74 Å². The van der Waals surface area contributed by atoms with E-state index in [0.717, 1.165) is 0 Å². The van der Waals surface area contributed by atoms with Gasteiger partial charge in [-0.25, -0.2) is 9.59 Å². The summed E-state index contributed by atoms with van der Waals surface area (Å²) < 4.78 is 9.40. The normalized spacial score (nSPS) is 24.6. The van der Waals surface area contributed by atoms with Crippen molar-refractivity contribution in [2.24, 2.45) is 0 Å². The molecule has 1 amide bonds. The lowest BCUT2D eigenvalue weighted by Gasteiger charge is -2.22. The van der Waals surface area contributed by atoms with Crippen LogP contribution < -0.4 is 0 Å². The van der Waals surface area contributed by atoms with Crippen molar-refractivity contribution in [3.63, 3.8) is 0 Å². The van der Waals surface area contributed by atoms with Crippen molar-refractivity contribution < 1.29 is 24.2 Å². The standard InChI is InChI=1S/C11H19NO5/c1-7-5-8(13)6-12(7)9(14)16-10(15)17-11(2,3)4/h7-8,13H,5-6H2,1-4H3/t7-,8+/m0/s1. The Balaban J connectivity index is 2.47. The summed E-state index contributed by atoms with van der Waals surface area (Å²) in [6, 6.07) is -0.139.